The van der Waals surface area contributed by atoms with Crippen molar-refractivity contribution in [3.63, 3.8) is 0 Å². The lowest BCUT2D eigenvalue weighted by Crippen LogP contribution is -2.14. The number of nitrogen functional groups attached to an aromatic ring is 1. The van der Waals surface area contributed by atoms with Crippen LogP contribution in [0.3, 0.4) is 0 Å². The van der Waals surface area contributed by atoms with Gasteiger partial charge in [0.25, 0.3) is 0 Å². The molecule has 2 N–H and O–H groups in total. The van der Waals surface area contributed by atoms with Crippen molar-refractivity contribution in [3.8, 4) is 5.69 Å². The monoisotopic (exact) mass is 285 g/mol. The normalized spacial score (nSPS) is 15.6. The van der Waals surface area contributed by atoms with Crippen molar-refractivity contribution >= 4 is 5.69 Å². The van der Waals surface area contributed by atoms with E-state index < -0.39 is 17.7 Å². The maximum atomic E-state index is 13.8. The molecule has 0 spiro atoms. The van der Waals surface area contributed by atoms with Gasteiger partial charge in [0, 0.05) is 11.6 Å². The first-order valence-electron chi connectivity index (χ1n) is 6.09. The summed E-state index contributed by atoms with van der Waals surface area (Å²) < 4.78 is 53.5. The van der Waals surface area contributed by atoms with Gasteiger partial charge in [-0.05, 0) is 37.1 Å². The minimum absolute atomic E-state index is 0.0502. The highest BCUT2D eigenvalue weighted by Gasteiger charge is 2.39. The molecule has 3 nitrogen and oxygen atoms in total. The number of rotatable bonds is 2. The van der Waals surface area contributed by atoms with Gasteiger partial charge in [-0.3, -0.25) is 0 Å². The molecular formula is C13H11F4N3. The third kappa shape index (κ3) is 2.23. The second-order valence-corrected chi connectivity index (χ2v) is 4.85. The lowest BCUT2D eigenvalue weighted by atomic mass is 10.2. The maximum absolute atomic E-state index is 13.8. The standard InChI is InChI=1S/C13H11F4N3/c14-9-5-8(18)3-4-11(9)20-12(13(15,16)17)6-10(19-20)7-1-2-7/h3-7H,1-2,18H2. The molecule has 1 heterocycles. The van der Waals surface area contributed by atoms with Gasteiger partial charge < -0.3 is 5.73 Å². The van der Waals surface area contributed by atoms with Crippen LogP contribution in [0.15, 0.2) is 24.3 Å². The second kappa shape index (κ2) is 4.22. The highest BCUT2D eigenvalue weighted by atomic mass is 19.4. The van der Waals surface area contributed by atoms with Gasteiger partial charge in [-0.25, -0.2) is 9.07 Å². The number of halogens is 4. The molecule has 1 aliphatic carbocycles. The zero-order valence-corrected chi connectivity index (χ0v) is 10.3. The molecule has 1 aromatic carbocycles. The molecule has 0 aliphatic heterocycles. The Hall–Kier alpha value is -2.05. The van der Waals surface area contributed by atoms with E-state index in [-0.39, 0.29) is 17.3 Å². The molecule has 0 bridgehead atoms. The molecule has 1 saturated carbocycles. The second-order valence-electron chi connectivity index (χ2n) is 4.85. The number of nitrogens with two attached hydrogens (primary N) is 1. The number of hydrogen-bond donors (Lipinski definition) is 1. The smallest absolute Gasteiger partial charge is 0.399 e. The van der Waals surface area contributed by atoms with E-state index in [0.717, 1.165) is 25.0 Å². The highest BCUT2D eigenvalue weighted by molar-refractivity contribution is 5.47. The van der Waals surface area contributed by atoms with Gasteiger partial charge in [-0.15, -0.1) is 0 Å². The summed E-state index contributed by atoms with van der Waals surface area (Å²) in [5.41, 5.74) is 4.68. The summed E-state index contributed by atoms with van der Waals surface area (Å²) in [6.45, 7) is 0. The first kappa shape index (κ1) is 13.0. The molecule has 7 heteroatoms. The Morgan fingerprint density at radius 3 is 2.45 bits per heavy atom. The Morgan fingerprint density at radius 1 is 1.20 bits per heavy atom. The van der Waals surface area contributed by atoms with Crippen molar-refractivity contribution in [2.75, 3.05) is 5.73 Å². The van der Waals surface area contributed by atoms with E-state index in [4.69, 9.17) is 5.73 Å². The van der Waals surface area contributed by atoms with Crippen LogP contribution in [-0.4, -0.2) is 9.78 Å². The van der Waals surface area contributed by atoms with Gasteiger partial charge in [0.15, 0.2) is 5.82 Å². The zero-order valence-electron chi connectivity index (χ0n) is 10.3. The molecule has 1 fully saturated rings. The summed E-state index contributed by atoms with van der Waals surface area (Å²) in [7, 11) is 0. The van der Waals surface area contributed by atoms with Gasteiger partial charge in [0.05, 0.1) is 5.69 Å². The molecule has 0 atom stereocenters. The van der Waals surface area contributed by atoms with E-state index in [0.29, 0.717) is 10.4 Å². The van der Waals surface area contributed by atoms with Gasteiger partial charge in [0.2, 0.25) is 0 Å². The average Bonchev–Trinajstić information content (AvgIpc) is 3.08. The molecule has 3 rings (SSSR count). The molecule has 0 saturated heterocycles. The SMILES string of the molecule is Nc1ccc(-n2nc(C3CC3)cc2C(F)(F)F)c(F)c1. The first-order chi connectivity index (χ1) is 9.36. The van der Waals surface area contributed by atoms with Crippen molar-refractivity contribution in [2.45, 2.75) is 24.9 Å². The number of alkyl halides is 3. The molecule has 0 unspecified atom stereocenters. The fourth-order valence-electron chi connectivity index (χ4n) is 2.06. The van der Waals surface area contributed by atoms with Crippen LogP contribution in [0.2, 0.25) is 0 Å². The van der Waals surface area contributed by atoms with Crippen LogP contribution >= 0.6 is 0 Å². The Morgan fingerprint density at radius 2 is 1.90 bits per heavy atom. The largest absolute Gasteiger partial charge is 0.433 e. The van der Waals surface area contributed by atoms with Gasteiger partial charge >= 0.3 is 6.18 Å². The summed E-state index contributed by atoms with van der Waals surface area (Å²) in [5.74, 6) is -0.782. The molecule has 20 heavy (non-hydrogen) atoms. The van der Waals surface area contributed by atoms with Crippen molar-refractivity contribution in [1.29, 1.82) is 0 Å². The summed E-state index contributed by atoms with van der Waals surface area (Å²) in [5, 5.41) is 3.92. The van der Waals surface area contributed by atoms with Gasteiger partial charge in [0.1, 0.15) is 11.4 Å². The predicted octanol–water partition coefficient (Wildman–Crippen LogP) is 3.49. The number of nitrogens with zero attached hydrogens (tertiary/aromatic N) is 2. The molecule has 0 radical (unpaired) electrons. The average molecular weight is 285 g/mol. The van der Waals surface area contributed by atoms with E-state index >= 15 is 0 Å². The number of benzene rings is 1. The maximum Gasteiger partial charge on any atom is 0.433 e. The summed E-state index contributed by atoms with van der Waals surface area (Å²) in [4.78, 5) is 0. The number of anilines is 1. The zero-order chi connectivity index (χ0) is 14.5. The summed E-state index contributed by atoms with van der Waals surface area (Å²) in [6.07, 6.45) is -2.95. The topological polar surface area (TPSA) is 43.8 Å². The van der Waals surface area contributed by atoms with E-state index in [2.05, 4.69) is 5.10 Å². The third-order valence-electron chi connectivity index (χ3n) is 3.21. The molecule has 2 aromatic rings. The quantitative estimate of drug-likeness (QED) is 0.678. The van der Waals surface area contributed by atoms with Crippen LogP contribution in [0.25, 0.3) is 5.69 Å². The lowest BCUT2D eigenvalue weighted by Gasteiger charge is -2.11. The Balaban J connectivity index is 2.16. The number of aromatic nitrogens is 2. The van der Waals surface area contributed by atoms with Crippen molar-refractivity contribution in [2.24, 2.45) is 0 Å². The Kier molecular flexibility index (Phi) is 2.74. The molecule has 1 aliphatic rings. The van der Waals surface area contributed by atoms with Crippen LogP contribution in [0, 0.1) is 5.82 Å². The predicted molar refractivity (Wildman–Crippen MR) is 64.9 cm³/mol. The lowest BCUT2D eigenvalue weighted by molar-refractivity contribution is -0.142. The Labute approximate surface area is 112 Å². The van der Waals surface area contributed by atoms with E-state index in [9.17, 15) is 17.6 Å². The van der Waals surface area contributed by atoms with Gasteiger partial charge in [-0.1, -0.05) is 0 Å². The first-order valence-corrected chi connectivity index (χ1v) is 6.09. The molecule has 0 amide bonds. The summed E-state index contributed by atoms with van der Waals surface area (Å²) >= 11 is 0. The fourth-order valence-corrected chi connectivity index (χ4v) is 2.06. The van der Waals surface area contributed by atoms with Gasteiger partial charge in [-0.2, -0.15) is 18.3 Å². The van der Waals surface area contributed by atoms with Crippen LogP contribution in [0.4, 0.5) is 23.2 Å². The fraction of sp³-hybridized carbons (Fsp3) is 0.308. The van der Waals surface area contributed by atoms with E-state index in [1.807, 2.05) is 0 Å². The minimum Gasteiger partial charge on any atom is -0.399 e. The van der Waals surface area contributed by atoms with Crippen LogP contribution < -0.4 is 5.73 Å². The van der Waals surface area contributed by atoms with Crippen LogP contribution in [-0.2, 0) is 6.18 Å². The summed E-state index contributed by atoms with van der Waals surface area (Å²) in [6, 6.07) is 4.52. The minimum atomic E-state index is -4.59. The third-order valence-corrected chi connectivity index (χ3v) is 3.21. The van der Waals surface area contributed by atoms with Crippen molar-refractivity contribution < 1.29 is 17.6 Å². The van der Waals surface area contributed by atoms with E-state index in [1.54, 1.807) is 0 Å². The highest BCUT2D eigenvalue weighted by Crippen LogP contribution is 2.42. The Bertz CT molecular complexity index is 656. The molecule has 1 aromatic heterocycles. The molecular weight excluding hydrogens is 274 g/mol. The van der Waals surface area contributed by atoms with Crippen LogP contribution in [0.5, 0.6) is 0 Å². The van der Waals surface area contributed by atoms with Crippen molar-refractivity contribution in [1.82, 2.24) is 9.78 Å². The van der Waals surface area contributed by atoms with Crippen LogP contribution in [0.1, 0.15) is 30.1 Å². The van der Waals surface area contributed by atoms with E-state index in [1.165, 1.54) is 12.1 Å². The van der Waals surface area contributed by atoms with Crippen molar-refractivity contribution in [3.05, 3.63) is 41.5 Å². The number of hydrogen-bond acceptors (Lipinski definition) is 2. The molecule has 106 valence electrons.